The second-order valence-corrected chi connectivity index (χ2v) is 6.16. The molecule has 0 aliphatic carbocycles. The lowest BCUT2D eigenvalue weighted by atomic mass is 10.1. The largest absolute Gasteiger partial charge is 0.383 e. The van der Waals surface area contributed by atoms with Crippen molar-refractivity contribution in [2.75, 3.05) is 5.73 Å². The fourth-order valence-electron chi connectivity index (χ4n) is 1.56. The van der Waals surface area contributed by atoms with Gasteiger partial charge in [-0.05, 0) is 46.4 Å². The number of rotatable bonds is 3. The first-order chi connectivity index (χ1) is 8.08. The molecule has 2 aromatic heterocycles. The molecule has 2 aromatic rings. The second-order valence-electron chi connectivity index (χ2n) is 4.30. The third-order valence-corrected chi connectivity index (χ3v) is 4.18. The minimum absolute atomic E-state index is 0.563. The van der Waals surface area contributed by atoms with E-state index in [-0.39, 0.29) is 0 Å². The number of nitrogens with zero attached hydrogens (tertiary/aromatic N) is 2. The summed E-state index contributed by atoms with van der Waals surface area (Å²) in [4.78, 5) is 8.97. The quantitative estimate of drug-likeness (QED) is 0.853. The van der Waals surface area contributed by atoms with Gasteiger partial charge in [-0.3, -0.25) is 0 Å². The molecule has 3 nitrogen and oxygen atoms in total. The predicted octanol–water partition coefficient (Wildman–Crippen LogP) is 3.59. The summed E-state index contributed by atoms with van der Waals surface area (Å²) in [5, 5.41) is 4.07. The summed E-state index contributed by atoms with van der Waals surface area (Å²) < 4.78 is 0.982. The van der Waals surface area contributed by atoms with Gasteiger partial charge in [-0.15, -0.1) is 0 Å². The molecule has 0 fully saturated rings. The number of thiophene rings is 1. The first-order valence-electron chi connectivity index (χ1n) is 5.42. The van der Waals surface area contributed by atoms with Crippen LogP contribution >= 0.6 is 33.9 Å². The number of hydrogen-bond acceptors (Lipinski definition) is 4. The van der Waals surface area contributed by atoms with Crippen molar-refractivity contribution in [2.45, 2.75) is 20.3 Å². The highest BCUT2D eigenvalue weighted by molar-refractivity contribution is 14.1. The van der Waals surface area contributed by atoms with Gasteiger partial charge >= 0.3 is 0 Å². The first-order valence-corrected chi connectivity index (χ1v) is 7.44. The van der Waals surface area contributed by atoms with Crippen molar-refractivity contribution in [3.05, 3.63) is 26.1 Å². The summed E-state index contributed by atoms with van der Waals surface area (Å²) in [6.45, 7) is 4.36. The van der Waals surface area contributed by atoms with E-state index in [2.05, 4.69) is 46.4 Å². The van der Waals surface area contributed by atoms with Gasteiger partial charge in [0.1, 0.15) is 5.82 Å². The Morgan fingerprint density at radius 1 is 1.41 bits per heavy atom. The van der Waals surface area contributed by atoms with Crippen molar-refractivity contribution in [2.24, 2.45) is 5.92 Å². The van der Waals surface area contributed by atoms with Gasteiger partial charge in [-0.2, -0.15) is 11.3 Å². The third kappa shape index (κ3) is 2.95. The fourth-order valence-corrected chi connectivity index (χ4v) is 2.65. The zero-order valence-electron chi connectivity index (χ0n) is 9.77. The van der Waals surface area contributed by atoms with Crippen LogP contribution in [0.5, 0.6) is 0 Å². The Hall–Kier alpha value is -0.690. The maximum atomic E-state index is 5.95. The summed E-state index contributed by atoms with van der Waals surface area (Å²) in [6, 6.07) is 2.02. The molecular weight excluding hydrogens is 345 g/mol. The number of nitrogens with two attached hydrogens (primary N) is 1. The number of nitrogen functional groups attached to an aromatic ring is 1. The van der Waals surface area contributed by atoms with Crippen LogP contribution < -0.4 is 5.73 Å². The molecule has 2 heterocycles. The zero-order valence-corrected chi connectivity index (χ0v) is 12.7. The van der Waals surface area contributed by atoms with Crippen molar-refractivity contribution >= 4 is 39.7 Å². The lowest BCUT2D eigenvalue weighted by Gasteiger charge is -2.10. The van der Waals surface area contributed by atoms with E-state index < -0.39 is 0 Å². The van der Waals surface area contributed by atoms with Gasteiger partial charge in [0.25, 0.3) is 0 Å². The average Bonchev–Trinajstić information content (AvgIpc) is 2.77. The van der Waals surface area contributed by atoms with Crippen LogP contribution in [0.15, 0.2) is 16.8 Å². The Balaban J connectivity index is 2.46. The molecule has 5 heteroatoms. The van der Waals surface area contributed by atoms with Crippen LogP contribution in [0.1, 0.15) is 19.5 Å². The van der Waals surface area contributed by atoms with Crippen LogP contribution in [-0.4, -0.2) is 9.97 Å². The Morgan fingerprint density at radius 2 is 2.18 bits per heavy atom. The maximum absolute atomic E-state index is 5.95. The smallest absolute Gasteiger partial charge is 0.162 e. The monoisotopic (exact) mass is 359 g/mol. The highest BCUT2D eigenvalue weighted by Gasteiger charge is 2.12. The number of hydrogen-bond donors (Lipinski definition) is 1. The van der Waals surface area contributed by atoms with Crippen molar-refractivity contribution < 1.29 is 0 Å². The minimum atomic E-state index is 0.563. The summed E-state index contributed by atoms with van der Waals surface area (Å²) in [5.41, 5.74) is 8.04. The molecule has 0 amide bonds. The van der Waals surface area contributed by atoms with Gasteiger partial charge in [0.2, 0.25) is 0 Å². The van der Waals surface area contributed by atoms with Crippen LogP contribution in [0, 0.1) is 9.49 Å². The van der Waals surface area contributed by atoms with Crippen LogP contribution in [0.4, 0.5) is 5.82 Å². The SMILES string of the molecule is CC(C)Cc1nc(-c2ccsc2)nc(N)c1I. The van der Waals surface area contributed by atoms with E-state index in [9.17, 15) is 0 Å². The molecule has 0 bridgehead atoms. The van der Waals surface area contributed by atoms with Crippen LogP contribution in [-0.2, 0) is 6.42 Å². The van der Waals surface area contributed by atoms with Crippen LogP contribution in [0.3, 0.4) is 0 Å². The van der Waals surface area contributed by atoms with E-state index in [0.29, 0.717) is 11.7 Å². The molecule has 0 aliphatic rings. The molecule has 0 aromatic carbocycles. The Labute approximate surface area is 119 Å². The van der Waals surface area contributed by atoms with Crippen LogP contribution in [0.25, 0.3) is 11.4 Å². The van der Waals surface area contributed by atoms with E-state index in [0.717, 1.165) is 27.1 Å². The number of aromatic nitrogens is 2. The Morgan fingerprint density at radius 3 is 2.76 bits per heavy atom. The molecule has 0 saturated carbocycles. The average molecular weight is 359 g/mol. The van der Waals surface area contributed by atoms with E-state index in [1.807, 2.05) is 16.8 Å². The summed E-state index contributed by atoms with van der Waals surface area (Å²) in [7, 11) is 0. The first kappa shape index (κ1) is 12.8. The molecule has 2 rings (SSSR count). The third-order valence-electron chi connectivity index (χ3n) is 2.33. The lowest BCUT2D eigenvalue weighted by Crippen LogP contribution is -2.07. The number of anilines is 1. The Bertz CT molecular complexity index is 509. The fraction of sp³-hybridized carbons (Fsp3) is 0.333. The van der Waals surface area contributed by atoms with Gasteiger partial charge in [-0.1, -0.05) is 13.8 Å². The van der Waals surface area contributed by atoms with Gasteiger partial charge in [0.05, 0.1) is 9.26 Å². The van der Waals surface area contributed by atoms with E-state index >= 15 is 0 Å². The summed E-state index contributed by atoms with van der Waals surface area (Å²) in [6.07, 6.45) is 0.933. The number of halogens is 1. The molecule has 0 aliphatic heterocycles. The normalized spacial score (nSPS) is 11.1. The Kier molecular flexibility index (Phi) is 3.98. The molecule has 0 atom stereocenters. The minimum Gasteiger partial charge on any atom is -0.383 e. The molecular formula is C12H14IN3S. The molecule has 0 radical (unpaired) electrons. The summed E-state index contributed by atoms with van der Waals surface area (Å²) >= 11 is 3.87. The van der Waals surface area contributed by atoms with Gasteiger partial charge < -0.3 is 5.73 Å². The standard InChI is InChI=1S/C12H14IN3S/c1-7(2)5-9-10(13)11(14)16-12(15-9)8-3-4-17-6-8/h3-4,6-7H,5H2,1-2H3,(H2,14,15,16). The molecule has 17 heavy (non-hydrogen) atoms. The van der Waals surface area contributed by atoms with Gasteiger partial charge in [-0.25, -0.2) is 9.97 Å². The lowest BCUT2D eigenvalue weighted by molar-refractivity contribution is 0.632. The van der Waals surface area contributed by atoms with Gasteiger partial charge in [0, 0.05) is 10.9 Å². The van der Waals surface area contributed by atoms with E-state index in [4.69, 9.17) is 5.73 Å². The van der Waals surface area contributed by atoms with E-state index in [1.54, 1.807) is 11.3 Å². The van der Waals surface area contributed by atoms with Crippen molar-refractivity contribution in [1.29, 1.82) is 0 Å². The highest BCUT2D eigenvalue weighted by atomic mass is 127. The highest BCUT2D eigenvalue weighted by Crippen LogP contribution is 2.25. The zero-order chi connectivity index (χ0) is 12.4. The molecule has 2 N–H and O–H groups in total. The molecule has 90 valence electrons. The topological polar surface area (TPSA) is 51.8 Å². The summed E-state index contributed by atoms with van der Waals surface area (Å²) in [5.74, 6) is 1.88. The molecule has 0 saturated heterocycles. The van der Waals surface area contributed by atoms with Crippen molar-refractivity contribution in [3.8, 4) is 11.4 Å². The van der Waals surface area contributed by atoms with E-state index in [1.165, 1.54) is 0 Å². The second kappa shape index (κ2) is 5.30. The predicted molar refractivity (Wildman–Crippen MR) is 81.0 cm³/mol. The molecule has 0 spiro atoms. The van der Waals surface area contributed by atoms with Crippen molar-refractivity contribution in [1.82, 2.24) is 9.97 Å². The molecule has 0 unspecified atom stereocenters. The maximum Gasteiger partial charge on any atom is 0.162 e. The van der Waals surface area contributed by atoms with Crippen LogP contribution in [0.2, 0.25) is 0 Å². The van der Waals surface area contributed by atoms with Gasteiger partial charge in [0.15, 0.2) is 5.82 Å². The van der Waals surface area contributed by atoms with Crippen molar-refractivity contribution in [3.63, 3.8) is 0 Å².